The molecule has 0 bridgehead atoms. The van der Waals surface area contributed by atoms with Gasteiger partial charge in [-0.2, -0.15) is 0 Å². The summed E-state index contributed by atoms with van der Waals surface area (Å²) in [5, 5.41) is 3.52. The summed E-state index contributed by atoms with van der Waals surface area (Å²) in [5.74, 6) is 1.80. The molecule has 3 nitrogen and oxygen atoms in total. The minimum atomic E-state index is 0.564. The van der Waals surface area contributed by atoms with Gasteiger partial charge >= 0.3 is 0 Å². The number of hydrogen-bond donors (Lipinski definition) is 2. The van der Waals surface area contributed by atoms with E-state index in [1.54, 1.807) is 0 Å². The fourth-order valence-electron chi connectivity index (χ4n) is 2.46. The molecule has 2 rings (SSSR count). The zero-order chi connectivity index (χ0) is 12.3. The number of nitrogens with two attached hydrogens (primary N) is 1. The van der Waals surface area contributed by atoms with Gasteiger partial charge < -0.3 is 11.1 Å². The number of nitrogens with one attached hydrogen (secondary N) is 1. The number of anilines is 2. The van der Waals surface area contributed by atoms with Gasteiger partial charge in [-0.25, -0.2) is 4.98 Å². The Bertz CT molecular complexity index is 376. The zero-order valence-electron chi connectivity index (χ0n) is 10.9. The molecule has 1 aromatic heterocycles. The molecule has 1 aliphatic rings. The van der Waals surface area contributed by atoms with Crippen molar-refractivity contribution >= 4 is 11.5 Å². The van der Waals surface area contributed by atoms with Crippen LogP contribution in [-0.2, 0) is 0 Å². The molecule has 0 aromatic carbocycles. The van der Waals surface area contributed by atoms with Crippen molar-refractivity contribution in [2.24, 2.45) is 5.92 Å². The molecule has 3 N–H and O–H groups in total. The third-order valence-corrected chi connectivity index (χ3v) is 3.75. The highest BCUT2D eigenvalue weighted by molar-refractivity contribution is 5.53. The second-order valence-corrected chi connectivity index (χ2v) is 5.38. The Morgan fingerprint density at radius 1 is 1.29 bits per heavy atom. The average Bonchev–Trinajstić information content (AvgIpc) is 2.49. The van der Waals surface area contributed by atoms with Gasteiger partial charge in [0.1, 0.15) is 5.82 Å². The van der Waals surface area contributed by atoms with Gasteiger partial charge in [-0.3, -0.25) is 0 Å². The molecule has 0 aliphatic heterocycles. The molecule has 0 radical (unpaired) electrons. The minimum absolute atomic E-state index is 0.564. The van der Waals surface area contributed by atoms with Gasteiger partial charge in [0.05, 0.1) is 0 Å². The first-order valence-corrected chi connectivity index (χ1v) is 6.64. The lowest BCUT2D eigenvalue weighted by molar-refractivity contribution is 0.502. The van der Waals surface area contributed by atoms with Crippen LogP contribution in [0.3, 0.4) is 0 Å². The molecule has 1 aliphatic carbocycles. The first-order valence-electron chi connectivity index (χ1n) is 6.64. The Kier molecular flexibility index (Phi) is 3.87. The van der Waals surface area contributed by atoms with Gasteiger partial charge in [0.15, 0.2) is 0 Å². The molecule has 0 amide bonds. The van der Waals surface area contributed by atoms with Crippen LogP contribution in [0.25, 0.3) is 0 Å². The predicted molar refractivity (Wildman–Crippen MR) is 73.0 cm³/mol. The Morgan fingerprint density at radius 3 is 2.88 bits per heavy atom. The summed E-state index contributed by atoms with van der Waals surface area (Å²) in [5.41, 5.74) is 7.77. The highest BCUT2D eigenvalue weighted by atomic mass is 15.0. The number of hydrogen-bond acceptors (Lipinski definition) is 3. The second kappa shape index (κ2) is 5.39. The highest BCUT2D eigenvalue weighted by Gasteiger charge is 2.16. The van der Waals surface area contributed by atoms with Crippen molar-refractivity contribution in [2.45, 2.75) is 52.0 Å². The van der Waals surface area contributed by atoms with Crippen LogP contribution in [-0.4, -0.2) is 11.0 Å². The van der Waals surface area contributed by atoms with Crippen molar-refractivity contribution in [2.75, 3.05) is 11.1 Å². The molecule has 1 saturated carbocycles. The molecule has 94 valence electrons. The molecule has 1 heterocycles. The van der Waals surface area contributed by atoms with Crippen LogP contribution in [0.15, 0.2) is 12.3 Å². The number of nitrogens with zero attached hydrogens (tertiary/aromatic N) is 1. The van der Waals surface area contributed by atoms with Gasteiger partial charge in [0.2, 0.25) is 0 Å². The van der Waals surface area contributed by atoms with Crippen LogP contribution >= 0.6 is 0 Å². The van der Waals surface area contributed by atoms with Crippen LogP contribution < -0.4 is 11.1 Å². The lowest BCUT2D eigenvalue weighted by Gasteiger charge is -2.17. The quantitative estimate of drug-likeness (QED) is 0.770. The van der Waals surface area contributed by atoms with E-state index in [0.717, 1.165) is 23.0 Å². The van der Waals surface area contributed by atoms with Crippen LogP contribution in [0, 0.1) is 12.8 Å². The maximum atomic E-state index is 5.90. The van der Waals surface area contributed by atoms with Crippen molar-refractivity contribution < 1.29 is 0 Å². The maximum Gasteiger partial charge on any atom is 0.128 e. The fourth-order valence-corrected chi connectivity index (χ4v) is 2.46. The first-order chi connectivity index (χ1) is 8.15. The lowest BCUT2D eigenvalue weighted by atomic mass is 10.0. The number of aryl methyl sites for hydroxylation is 1. The fraction of sp³-hybridized carbons (Fsp3) is 0.643. The topological polar surface area (TPSA) is 50.9 Å². The third kappa shape index (κ3) is 3.35. The van der Waals surface area contributed by atoms with Gasteiger partial charge in [-0.05, 0) is 37.7 Å². The molecular formula is C14H23N3. The molecule has 2 atom stereocenters. The van der Waals surface area contributed by atoms with Crippen molar-refractivity contribution in [1.29, 1.82) is 0 Å². The van der Waals surface area contributed by atoms with E-state index in [0.29, 0.717) is 6.04 Å². The summed E-state index contributed by atoms with van der Waals surface area (Å²) in [4.78, 5) is 4.39. The number of rotatable bonds is 2. The Balaban J connectivity index is 1.97. The standard InChI is InChI=1S/C14H23N3/c1-10-4-3-5-12(7-6-10)17-14-8-13(15)11(2)9-16-14/h8-10,12H,3-7H2,1-2H3,(H3,15,16,17). The molecule has 3 heteroatoms. The molecule has 0 spiro atoms. The largest absolute Gasteiger partial charge is 0.398 e. The van der Waals surface area contributed by atoms with Crippen molar-refractivity contribution in [3.8, 4) is 0 Å². The highest BCUT2D eigenvalue weighted by Crippen LogP contribution is 2.25. The van der Waals surface area contributed by atoms with Crippen molar-refractivity contribution in [3.05, 3.63) is 17.8 Å². The van der Waals surface area contributed by atoms with Gasteiger partial charge in [-0.15, -0.1) is 0 Å². The van der Waals surface area contributed by atoms with E-state index in [2.05, 4.69) is 17.2 Å². The monoisotopic (exact) mass is 233 g/mol. The van der Waals surface area contributed by atoms with Gasteiger partial charge in [0, 0.05) is 24.0 Å². The third-order valence-electron chi connectivity index (χ3n) is 3.75. The lowest BCUT2D eigenvalue weighted by Crippen LogP contribution is -2.19. The number of pyridine rings is 1. The smallest absolute Gasteiger partial charge is 0.128 e. The Labute approximate surface area is 104 Å². The molecule has 17 heavy (non-hydrogen) atoms. The molecular weight excluding hydrogens is 210 g/mol. The molecule has 0 saturated heterocycles. The summed E-state index contributed by atoms with van der Waals surface area (Å²) in [6.07, 6.45) is 8.34. The van der Waals surface area contributed by atoms with E-state index >= 15 is 0 Å². The summed E-state index contributed by atoms with van der Waals surface area (Å²) in [6, 6.07) is 2.51. The maximum absolute atomic E-state index is 5.90. The van der Waals surface area contributed by atoms with Crippen molar-refractivity contribution in [1.82, 2.24) is 4.98 Å². The summed E-state index contributed by atoms with van der Waals surface area (Å²) >= 11 is 0. The normalized spacial score (nSPS) is 25.3. The van der Waals surface area contributed by atoms with E-state index in [4.69, 9.17) is 5.73 Å². The molecule has 1 aromatic rings. The summed E-state index contributed by atoms with van der Waals surface area (Å²) in [7, 11) is 0. The Hall–Kier alpha value is -1.25. The SMILES string of the molecule is Cc1cnc(NC2CCCC(C)CC2)cc1N. The van der Waals surface area contributed by atoms with Crippen molar-refractivity contribution in [3.63, 3.8) is 0 Å². The predicted octanol–water partition coefficient (Wildman–Crippen LogP) is 3.35. The summed E-state index contributed by atoms with van der Waals surface area (Å²) < 4.78 is 0. The van der Waals surface area contributed by atoms with Gasteiger partial charge in [-0.1, -0.05) is 19.8 Å². The average molecular weight is 233 g/mol. The van der Waals surface area contributed by atoms with Crippen LogP contribution in [0.4, 0.5) is 11.5 Å². The van der Waals surface area contributed by atoms with E-state index in [-0.39, 0.29) is 0 Å². The van der Waals surface area contributed by atoms with Crippen LogP contribution in [0.5, 0.6) is 0 Å². The molecule has 2 unspecified atom stereocenters. The van der Waals surface area contributed by atoms with E-state index in [1.807, 2.05) is 19.2 Å². The van der Waals surface area contributed by atoms with E-state index < -0.39 is 0 Å². The first kappa shape index (κ1) is 12.2. The number of aromatic nitrogens is 1. The number of nitrogen functional groups attached to an aromatic ring is 1. The molecule has 1 fully saturated rings. The van der Waals surface area contributed by atoms with Crippen LogP contribution in [0.1, 0.15) is 44.6 Å². The zero-order valence-corrected chi connectivity index (χ0v) is 10.9. The minimum Gasteiger partial charge on any atom is -0.398 e. The summed E-state index contributed by atoms with van der Waals surface area (Å²) in [6.45, 7) is 4.34. The second-order valence-electron chi connectivity index (χ2n) is 5.38. The van der Waals surface area contributed by atoms with E-state index in [9.17, 15) is 0 Å². The van der Waals surface area contributed by atoms with E-state index in [1.165, 1.54) is 32.1 Å². The Morgan fingerprint density at radius 2 is 2.12 bits per heavy atom. The van der Waals surface area contributed by atoms with Gasteiger partial charge in [0.25, 0.3) is 0 Å². The van der Waals surface area contributed by atoms with Crippen LogP contribution in [0.2, 0.25) is 0 Å².